The molecular weight excluding hydrogens is 422 g/mol. The van der Waals surface area contributed by atoms with Crippen LogP contribution in [0.25, 0.3) is 10.8 Å². The van der Waals surface area contributed by atoms with E-state index in [2.05, 4.69) is 5.32 Å². The van der Waals surface area contributed by atoms with Crippen molar-refractivity contribution in [2.75, 3.05) is 24.6 Å². The topological polar surface area (TPSA) is 96.0 Å². The molecule has 1 N–H and O–H groups in total. The number of ether oxygens (including phenoxy) is 1. The number of urea groups is 1. The molecule has 3 aromatic carbocycles. The third-order valence-corrected chi connectivity index (χ3v) is 5.44. The molecule has 4 amide bonds. The Labute approximate surface area is 190 Å². The fourth-order valence-electron chi connectivity index (χ4n) is 3.81. The molecule has 0 atom stereocenters. The van der Waals surface area contributed by atoms with Gasteiger partial charge in [-0.1, -0.05) is 48.5 Å². The Bertz CT molecular complexity index is 1220. The number of benzene rings is 3. The van der Waals surface area contributed by atoms with E-state index in [1.807, 2.05) is 49.4 Å². The van der Waals surface area contributed by atoms with E-state index in [0.29, 0.717) is 12.1 Å². The molecule has 0 aliphatic carbocycles. The molecule has 1 saturated heterocycles. The number of nitrogens with zero attached hydrogens (tertiary/aromatic N) is 2. The molecule has 0 radical (unpaired) electrons. The zero-order valence-electron chi connectivity index (χ0n) is 18.1. The van der Waals surface area contributed by atoms with E-state index >= 15 is 0 Å². The Balaban J connectivity index is 1.43. The number of esters is 1. The van der Waals surface area contributed by atoms with Crippen molar-refractivity contribution in [1.82, 2.24) is 10.2 Å². The van der Waals surface area contributed by atoms with Gasteiger partial charge in [-0.15, -0.1) is 0 Å². The van der Waals surface area contributed by atoms with Gasteiger partial charge in [-0.05, 0) is 36.1 Å². The number of hydrogen-bond acceptors (Lipinski definition) is 5. The van der Waals surface area contributed by atoms with Gasteiger partial charge in [0.15, 0.2) is 6.61 Å². The first-order valence-electron chi connectivity index (χ1n) is 10.6. The van der Waals surface area contributed by atoms with Gasteiger partial charge in [0.1, 0.15) is 0 Å². The number of likely N-dealkylation sites (N-methyl/N-ethyl adjacent to an activating group) is 1. The molecule has 1 heterocycles. The number of carbonyl (C=O) groups is 4. The van der Waals surface area contributed by atoms with E-state index in [0.717, 1.165) is 21.4 Å². The van der Waals surface area contributed by atoms with Gasteiger partial charge in [0.2, 0.25) is 5.91 Å². The summed E-state index contributed by atoms with van der Waals surface area (Å²) in [5.74, 6) is -1.32. The minimum atomic E-state index is -0.656. The van der Waals surface area contributed by atoms with E-state index < -0.39 is 18.6 Å². The molecule has 168 valence electrons. The summed E-state index contributed by atoms with van der Waals surface area (Å²) in [6.07, 6.45) is 0. The quantitative estimate of drug-likeness (QED) is 0.445. The van der Waals surface area contributed by atoms with Crippen LogP contribution in [0.15, 0.2) is 66.7 Å². The van der Waals surface area contributed by atoms with Crippen LogP contribution >= 0.6 is 0 Å². The van der Waals surface area contributed by atoms with Crippen molar-refractivity contribution < 1.29 is 23.9 Å². The minimum Gasteiger partial charge on any atom is -0.452 e. The molecule has 33 heavy (non-hydrogen) atoms. The first-order chi connectivity index (χ1) is 16.0. The third kappa shape index (κ3) is 4.69. The molecule has 1 fully saturated rings. The summed E-state index contributed by atoms with van der Waals surface area (Å²) in [7, 11) is 0. The summed E-state index contributed by atoms with van der Waals surface area (Å²) >= 11 is 0. The zero-order chi connectivity index (χ0) is 23.4. The van der Waals surface area contributed by atoms with Crippen LogP contribution in [0, 0.1) is 0 Å². The number of carbonyl (C=O) groups excluding carboxylic acids is 4. The highest BCUT2D eigenvalue weighted by Gasteiger charge is 2.28. The molecule has 3 aromatic rings. The summed E-state index contributed by atoms with van der Waals surface area (Å²) in [6.45, 7) is 1.89. The second kappa shape index (κ2) is 9.52. The summed E-state index contributed by atoms with van der Waals surface area (Å²) < 4.78 is 5.28. The number of anilines is 1. The average molecular weight is 445 g/mol. The molecule has 8 nitrogen and oxygen atoms in total. The van der Waals surface area contributed by atoms with Crippen molar-refractivity contribution >= 4 is 40.3 Å². The average Bonchev–Trinajstić information content (AvgIpc) is 3.15. The molecule has 0 unspecified atom stereocenters. The van der Waals surface area contributed by atoms with Crippen LogP contribution < -0.4 is 10.2 Å². The summed E-state index contributed by atoms with van der Waals surface area (Å²) in [5.41, 5.74) is 1.60. The fourth-order valence-corrected chi connectivity index (χ4v) is 3.81. The zero-order valence-corrected chi connectivity index (χ0v) is 18.1. The van der Waals surface area contributed by atoms with Crippen LogP contribution in [0.2, 0.25) is 0 Å². The number of fused-ring (bicyclic) bond motifs is 1. The van der Waals surface area contributed by atoms with Crippen LogP contribution in [-0.4, -0.2) is 48.4 Å². The van der Waals surface area contributed by atoms with Gasteiger partial charge in [0.05, 0.1) is 24.3 Å². The van der Waals surface area contributed by atoms with Crippen molar-refractivity contribution in [2.45, 2.75) is 13.5 Å². The van der Waals surface area contributed by atoms with Crippen molar-refractivity contribution in [2.24, 2.45) is 0 Å². The molecular formula is C25H23N3O5. The molecule has 1 aliphatic heterocycles. The smallest absolute Gasteiger partial charge is 0.338 e. The van der Waals surface area contributed by atoms with Crippen molar-refractivity contribution in [3.8, 4) is 0 Å². The standard InChI is InChI=1S/C25H23N3O5/c1-2-27(21-12-6-9-18-8-3-4-11-20(18)21)23(30)16-33-24(31)19-10-5-7-17(13-19)15-28-22(29)14-26-25(28)32/h3-13H,2,14-16H2,1H3,(H,26,32). The Morgan fingerprint density at radius 3 is 2.55 bits per heavy atom. The lowest BCUT2D eigenvalue weighted by molar-refractivity contribution is -0.125. The van der Waals surface area contributed by atoms with Gasteiger partial charge in [0, 0.05) is 11.9 Å². The highest BCUT2D eigenvalue weighted by molar-refractivity contribution is 6.05. The number of nitrogens with one attached hydrogen (secondary N) is 1. The van der Waals surface area contributed by atoms with E-state index in [-0.39, 0.29) is 30.5 Å². The van der Waals surface area contributed by atoms with Crippen LogP contribution in [0.3, 0.4) is 0 Å². The van der Waals surface area contributed by atoms with Gasteiger partial charge in [0.25, 0.3) is 5.91 Å². The fraction of sp³-hybridized carbons (Fsp3) is 0.200. The van der Waals surface area contributed by atoms with Crippen LogP contribution in [0.1, 0.15) is 22.8 Å². The first kappa shape index (κ1) is 22.0. The van der Waals surface area contributed by atoms with Gasteiger partial charge in [-0.25, -0.2) is 9.59 Å². The van der Waals surface area contributed by atoms with Crippen LogP contribution in [0.4, 0.5) is 10.5 Å². The third-order valence-electron chi connectivity index (χ3n) is 5.44. The number of amides is 4. The largest absolute Gasteiger partial charge is 0.452 e. The lowest BCUT2D eigenvalue weighted by Gasteiger charge is -2.22. The Kier molecular flexibility index (Phi) is 6.35. The maximum atomic E-state index is 12.9. The molecule has 1 aliphatic rings. The minimum absolute atomic E-state index is 0.0344. The summed E-state index contributed by atoms with van der Waals surface area (Å²) in [4.78, 5) is 51.6. The SMILES string of the molecule is CCN(C(=O)COC(=O)c1cccc(CN2C(=O)CNC2=O)c1)c1cccc2ccccc12. The van der Waals surface area contributed by atoms with E-state index in [1.54, 1.807) is 29.2 Å². The van der Waals surface area contributed by atoms with Crippen LogP contribution in [0.5, 0.6) is 0 Å². The van der Waals surface area contributed by atoms with Crippen molar-refractivity contribution in [3.63, 3.8) is 0 Å². The molecule has 8 heteroatoms. The van der Waals surface area contributed by atoms with Gasteiger partial charge in [-0.3, -0.25) is 14.5 Å². The maximum Gasteiger partial charge on any atom is 0.338 e. The highest BCUT2D eigenvalue weighted by Crippen LogP contribution is 2.26. The van der Waals surface area contributed by atoms with Gasteiger partial charge < -0.3 is 15.0 Å². The number of hydrogen-bond donors (Lipinski definition) is 1. The van der Waals surface area contributed by atoms with Crippen LogP contribution in [-0.2, 0) is 20.9 Å². The van der Waals surface area contributed by atoms with E-state index in [4.69, 9.17) is 4.74 Å². The second-order valence-electron chi connectivity index (χ2n) is 7.55. The van der Waals surface area contributed by atoms with Gasteiger partial charge >= 0.3 is 12.0 Å². The Morgan fingerprint density at radius 1 is 1.03 bits per heavy atom. The van der Waals surface area contributed by atoms with Crippen molar-refractivity contribution in [3.05, 3.63) is 77.9 Å². The first-order valence-corrected chi connectivity index (χ1v) is 10.6. The Morgan fingerprint density at radius 2 is 1.79 bits per heavy atom. The molecule has 0 spiro atoms. The molecule has 0 saturated carbocycles. The number of imide groups is 1. The summed E-state index contributed by atoms with van der Waals surface area (Å²) in [6, 6.07) is 19.5. The number of rotatable bonds is 7. The normalized spacial score (nSPS) is 13.2. The second-order valence-corrected chi connectivity index (χ2v) is 7.55. The predicted octanol–water partition coefficient (Wildman–Crippen LogP) is 3.10. The lowest BCUT2D eigenvalue weighted by Crippen LogP contribution is -2.34. The Hall–Kier alpha value is -4.20. The maximum absolute atomic E-state index is 12.9. The molecule has 0 aromatic heterocycles. The van der Waals surface area contributed by atoms with Crippen molar-refractivity contribution in [1.29, 1.82) is 0 Å². The summed E-state index contributed by atoms with van der Waals surface area (Å²) in [5, 5.41) is 4.41. The lowest BCUT2D eigenvalue weighted by atomic mass is 10.1. The molecule has 0 bridgehead atoms. The van der Waals surface area contributed by atoms with E-state index in [1.165, 1.54) is 0 Å². The highest BCUT2D eigenvalue weighted by atomic mass is 16.5. The van der Waals surface area contributed by atoms with E-state index in [9.17, 15) is 19.2 Å². The monoisotopic (exact) mass is 445 g/mol. The van der Waals surface area contributed by atoms with Gasteiger partial charge in [-0.2, -0.15) is 0 Å². The predicted molar refractivity (Wildman–Crippen MR) is 123 cm³/mol. The molecule has 4 rings (SSSR count).